The first-order valence-electron chi connectivity index (χ1n) is 4.03. The Hall–Kier alpha value is -1.69. The van der Waals surface area contributed by atoms with E-state index < -0.39 is 23.8 Å². The van der Waals surface area contributed by atoms with Gasteiger partial charge in [-0.2, -0.15) is 0 Å². The number of hydrogen-bond acceptors (Lipinski definition) is 4. The van der Waals surface area contributed by atoms with Crippen molar-refractivity contribution in [1.29, 1.82) is 0 Å². The lowest BCUT2D eigenvalue weighted by molar-refractivity contribution is -0.143. The third-order valence-corrected chi connectivity index (χ3v) is 1.89. The van der Waals surface area contributed by atoms with E-state index in [0.717, 1.165) is 17.1 Å². The van der Waals surface area contributed by atoms with E-state index in [9.17, 15) is 14.4 Å². The van der Waals surface area contributed by atoms with Gasteiger partial charge in [0, 0.05) is 18.7 Å². The van der Waals surface area contributed by atoms with Gasteiger partial charge in [-0.15, -0.1) is 0 Å². The molecule has 14 heavy (non-hydrogen) atoms. The highest BCUT2D eigenvalue weighted by molar-refractivity contribution is 6.13. The molecule has 0 aliphatic carbocycles. The van der Waals surface area contributed by atoms with Crippen molar-refractivity contribution in [2.75, 3.05) is 6.54 Å². The molecule has 0 saturated carbocycles. The monoisotopic (exact) mass is 198 g/mol. The predicted molar refractivity (Wildman–Crippen MR) is 46.1 cm³/mol. The summed E-state index contributed by atoms with van der Waals surface area (Å²) in [4.78, 5) is 33.6. The van der Waals surface area contributed by atoms with Crippen molar-refractivity contribution in [2.45, 2.75) is 12.5 Å². The van der Waals surface area contributed by atoms with Crippen LogP contribution in [0.1, 0.15) is 6.42 Å². The molecule has 0 saturated heterocycles. The third-order valence-electron chi connectivity index (χ3n) is 1.89. The summed E-state index contributed by atoms with van der Waals surface area (Å²) in [6.07, 6.45) is 1.88. The van der Waals surface area contributed by atoms with Crippen molar-refractivity contribution in [3.63, 3.8) is 0 Å². The molecular formula is C8H10N2O4. The number of carboxylic acids is 1. The van der Waals surface area contributed by atoms with Crippen molar-refractivity contribution >= 4 is 17.8 Å². The van der Waals surface area contributed by atoms with E-state index in [1.165, 1.54) is 0 Å². The van der Waals surface area contributed by atoms with Crippen molar-refractivity contribution in [1.82, 2.24) is 4.90 Å². The fraction of sp³-hybridized carbons (Fsp3) is 0.375. The Morgan fingerprint density at radius 1 is 1.43 bits per heavy atom. The first-order valence-corrected chi connectivity index (χ1v) is 4.03. The molecule has 1 unspecified atom stereocenters. The van der Waals surface area contributed by atoms with Gasteiger partial charge < -0.3 is 10.8 Å². The lowest BCUT2D eigenvalue weighted by Gasteiger charge is -2.22. The van der Waals surface area contributed by atoms with E-state index in [4.69, 9.17) is 10.8 Å². The van der Waals surface area contributed by atoms with E-state index in [1.54, 1.807) is 0 Å². The summed E-state index contributed by atoms with van der Waals surface area (Å²) in [6, 6.07) is -0.762. The summed E-state index contributed by atoms with van der Waals surface area (Å²) in [5.41, 5.74) is 5.29. The highest BCUT2D eigenvalue weighted by Crippen LogP contribution is 2.11. The van der Waals surface area contributed by atoms with Crippen molar-refractivity contribution < 1.29 is 19.5 Å². The van der Waals surface area contributed by atoms with Gasteiger partial charge in [0.15, 0.2) is 0 Å². The molecule has 1 aliphatic rings. The number of rotatable bonds is 4. The molecule has 0 radical (unpaired) electrons. The zero-order chi connectivity index (χ0) is 10.7. The number of aliphatic carboxylic acids is 1. The van der Waals surface area contributed by atoms with Gasteiger partial charge in [0.1, 0.15) is 0 Å². The van der Waals surface area contributed by atoms with E-state index in [0.29, 0.717) is 0 Å². The molecule has 3 N–H and O–H groups in total. The Morgan fingerprint density at radius 3 is 2.29 bits per heavy atom. The van der Waals surface area contributed by atoms with Gasteiger partial charge in [0.05, 0.1) is 12.5 Å². The maximum Gasteiger partial charge on any atom is 0.305 e. The van der Waals surface area contributed by atoms with Crippen molar-refractivity contribution in [3.05, 3.63) is 12.2 Å². The molecule has 1 aliphatic heterocycles. The lowest BCUT2D eigenvalue weighted by atomic mass is 10.2. The minimum atomic E-state index is -1.09. The van der Waals surface area contributed by atoms with Gasteiger partial charge >= 0.3 is 5.97 Å². The fourth-order valence-electron chi connectivity index (χ4n) is 1.25. The van der Waals surface area contributed by atoms with Crippen LogP contribution in [-0.4, -0.2) is 40.4 Å². The zero-order valence-electron chi connectivity index (χ0n) is 7.34. The van der Waals surface area contributed by atoms with Crippen LogP contribution < -0.4 is 5.73 Å². The van der Waals surface area contributed by atoms with Crippen LogP contribution in [0.2, 0.25) is 0 Å². The zero-order valence-corrected chi connectivity index (χ0v) is 7.34. The molecule has 6 nitrogen and oxygen atoms in total. The molecule has 0 spiro atoms. The highest BCUT2D eigenvalue weighted by atomic mass is 16.4. The Labute approximate surface area is 80.0 Å². The summed E-state index contributed by atoms with van der Waals surface area (Å²) in [5.74, 6) is -2.11. The summed E-state index contributed by atoms with van der Waals surface area (Å²) in [6.45, 7) is -0.0501. The number of nitrogens with zero attached hydrogens (tertiary/aromatic N) is 1. The summed E-state index contributed by atoms with van der Waals surface area (Å²) in [5, 5.41) is 8.52. The molecule has 0 fully saturated rings. The summed E-state index contributed by atoms with van der Waals surface area (Å²) >= 11 is 0. The molecule has 2 amide bonds. The normalized spacial score (nSPS) is 17.6. The van der Waals surface area contributed by atoms with Crippen LogP contribution in [-0.2, 0) is 14.4 Å². The van der Waals surface area contributed by atoms with Gasteiger partial charge in [-0.3, -0.25) is 19.3 Å². The molecule has 0 aromatic carbocycles. The number of hydrogen-bond donors (Lipinski definition) is 2. The quantitative estimate of drug-likeness (QED) is 0.547. The van der Waals surface area contributed by atoms with Crippen LogP contribution >= 0.6 is 0 Å². The number of imide groups is 1. The maximum atomic E-state index is 11.1. The molecule has 76 valence electrons. The van der Waals surface area contributed by atoms with Gasteiger partial charge in [-0.1, -0.05) is 0 Å². The maximum absolute atomic E-state index is 11.1. The van der Waals surface area contributed by atoms with Crippen LogP contribution in [0.15, 0.2) is 12.2 Å². The smallest absolute Gasteiger partial charge is 0.305 e. The molecule has 1 rings (SSSR count). The number of carboxylic acid groups (broad SMARTS) is 1. The Morgan fingerprint density at radius 2 is 1.93 bits per heavy atom. The molecule has 1 heterocycles. The fourth-order valence-corrected chi connectivity index (χ4v) is 1.25. The average molecular weight is 198 g/mol. The molecule has 1 atom stereocenters. The van der Waals surface area contributed by atoms with Crippen molar-refractivity contribution in [3.8, 4) is 0 Å². The highest BCUT2D eigenvalue weighted by Gasteiger charge is 2.31. The molecule has 0 aromatic heterocycles. The van der Waals surface area contributed by atoms with E-state index in [-0.39, 0.29) is 13.0 Å². The second-order valence-corrected chi connectivity index (χ2v) is 2.87. The van der Waals surface area contributed by atoms with Gasteiger partial charge in [0.25, 0.3) is 11.8 Å². The minimum Gasteiger partial charge on any atom is -0.481 e. The number of nitrogens with two attached hydrogens (primary N) is 1. The minimum absolute atomic E-state index is 0.0501. The van der Waals surface area contributed by atoms with E-state index >= 15 is 0 Å². The number of carbonyl (C=O) groups is 3. The molecule has 6 heteroatoms. The predicted octanol–water partition coefficient (Wildman–Crippen LogP) is -1.29. The second-order valence-electron chi connectivity index (χ2n) is 2.87. The van der Waals surface area contributed by atoms with Gasteiger partial charge in [0.2, 0.25) is 0 Å². The Bertz CT molecular complexity index is 292. The number of amides is 2. The third kappa shape index (κ3) is 1.97. The van der Waals surface area contributed by atoms with Crippen LogP contribution in [0.3, 0.4) is 0 Å². The topological polar surface area (TPSA) is 101 Å². The van der Waals surface area contributed by atoms with E-state index in [1.807, 2.05) is 0 Å². The molecular weight excluding hydrogens is 188 g/mol. The first-order chi connectivity index (χ1) is 6.56. The van der Waals surface area contributed by atoms with Crippen LogP contribution in [0.4, 0.5) is 0 Å². The lowest BCUT2D eigenvalue weighted by Crippen LogP contribution is -2.45. The summed E-state index contributed by atoms with van der Waals surface area (Å²) in [7, 11) is 0. The largest absolute Gasteiger partial charge is 0.481 e. The van der Waals surface area contributed by atoms with Gasteiger partial charge in [-0.05, 0) is 0 Å². The summed E-state index contributed by atoms with van der Waals surface area (Å²) < 4.78 is 0. The molecule has 0 aromatic rings. The Balaban J connectivity index is 2.74. The SMILES string of the molecule is NCC(CC(=O)O)N1C(=O)C=CC1=O. The average Bonchev–Trinajstić information content (AvgIpc) is 2.43. The van der Waals surface area contributed by atoms with Crippen LogP contribution in [0.5, 0.6) is 0 Å². The van der Waals surface area contributed by atoms with Crippen molar-refractivity contribution in [2.24, 2.45) is 5.73 Å². The molecule has 0 bridgehead atoms. The number of carbonyl (C=O) groups excluding carboxylic acids is 2. The standard InChI is InChI=1S/C8H10N2O4/c9-4-5(3-8(13)14)10-6(11)1-2-7(10)12/h1-2,5H,3-4,9H2,(H,13,14). The Kier molecular flexibility index (Phi) is 2.98. The first kappa shape index (κ1) is 10.4. The van der Waals surface area contributed by atoms with Gasteiger partial charge in [-0.25, -0.2) is 0 Å². The van der Waals surface area contributed by atoms with E-state index in [2.05, 4.69) is 0 Å². The van der Waals surface area contributed by atoms with Crippen LogP contribution in [0, 0.1) is 0 Å². The van der Waals surface area contributed by atoms with Crippen LogP contribution in [0.25, 0.3) is 0 Å². The second kappa shape index (κ2) is 4.01.